The van der Waals surface area contributed by atoms with Gasteiger partial charge in [-0.3, -0.25) is 0 Å². The van der Waals surface area contributed by atoms with Gasteiger partial charge in [0, 0.05) is 0 Å². The van der Waals surface area contributed by atoms with E-state index in [0.29, 0.717) is 0 Å². The molecule has 0 amide bonds. The molecule has 272 valence electrons. The predicted octanol–water partition coefficient (Wildman–Crippen LogP) is 15.9. The van der Waals surface area contributed by atoms with Crippen LogP contribution in [0.4, 0.5) is 0 Å². The van der Waals surface area contributed by atoms with Gasteiger partial charge >= 0.3 is 0 Å². The maximum atomic E-state index is 2.86. The molecule has 0 aromatic heterocycles. The average molecular weight is 634 g/mol. The van der Waals surface area contributed by atoms with E-state index in [1.165, 1.54) is 238 Å². The largest absolute Gasteiger partial charge is 0.303 e. The van der Waals surface area contributed by atoms with E-state index in [-0.39, 0.29) is 0 Å². The molecular weight excluding hydrogens is 542 g/mol. The van der Waals surface area contributed by atoms with Gasteiger partial charge in [-0.2, -0.15) is 0 Å². The van der Waals surface area contributed by atoms with Gasteiger partial charge in [0.2, 0.25) is 0 Å². The minimum Gasteiger partial charge on any atom is -0.303 e. The molecule has 0 fully saturated rings. The van der Waals surface area contributed by atoms with Gasteiger partial charge in [0.15, 0.2) is 0 Å². The number of unbranched alkanes of at least 4 members (excludes halogenated alkanes) is 29. The minimum absolute atomic E-state index is 0.890. The molecule has 0 saturated heterocycles. The van der Waals surface area contributed by atoms with E-state index in [0.717, 1.165) is 11.8 Å². The molecule has 0 aliphatic rings. The van der Waals surface area contributed by atoms with Gasteiger partial charge in [-0.15, -0.1) is 0 Å². The quantitative estimate of drug-likeness (QED) is 0.0609. The molecule has 1 nitrogen and oxygen atoms in total. The summed E-state index contributed by atoms with van der Waals surface area (Å²) >= 11 is 0. The van der Waals surface area contributed by atoms with Crippen molar-refractivity contribution in [2.45, 2.75) is 253 Å². The molecular formula is C44H91N. The van der Waals surface area contributed by atoms with Crippen molar-refractivity contribution in [1.29, 1.82) is 0 Å². The third-order valence-corrected chi connectivity index (χ3v) is 10.3. The molecule has 1 heteroatoms. The van der Waals surface area contributed by atoms with Gasteiger partial charge in [-0.25, -0.2) is 0 Å². The first-order valence-electron chi connectivity index (χ1n) is 21.8. The second kappa shape index (κ2) is 38.4. The molecule has 0 saturated carbocycles. The molecule has 0 rings (SSSR count). The maximum Gasteiger partial charge on any atom is -0.00187 e. The van der Waals surface area contributed by atoms with Crippen molar-refractivity contribution in [3.63, 3.8) is 0 Å². The summed E-state index contributed by atoms with van der Waals surface area (Å²) in [5.41, 5.74) is 0. The van der Waals surface area contributed by atoms with Gasteiger partial charge < -0.3 is 4.90 Å². The van der Waals surface area contributed by atoms with Crippen LogP contribution in [-0.2, 0) is 0 Å². The van der Waals surface area contributed by atoms with Crippen LogP contribution in [0, 0.1) is 11.8 Å². The Labute approximate surface area is 288 Å². The molecule has 0 aliphatic carbocycles. The Balaban J connectivity index is 3.84. The van der Waals surface area contributed by atoms with Crippen molar-refractivity contribution >= 4 is 0 Å². The lowest BCUT2D eigenvalue weighted by molar-refractivity contribution is 0.254. The predicted molar refractivity (Wildman–Crippen MR) is 209 cm³/mol. The van der Waals surface area contributed by atoms with Gasteiger partial charge in [0.05, 0.1) is 0 Å². The average Bonchev–Trinajstić information content (AvgIpc) is 3.01. The fraction of sp³-hybridized carbons (Fsp3) is 1.00. The van der Waals surface area contributed by atoms with E-state index in [1.54, 1.807) is 0 Å². The summed E-state index contributed by atoms with van der Waals surface area (Å²) in [6, 6.07) is 0. The molecule has 0 aromatic carbocycles. The Kier molecular flexibility index (Phi) is 38.4. The lowest BCUT2D eigenvalue weighted by atomic mass is 10.0. The van der Waals surface area contributed by atoms with Crippen molar-refractivity contribution in [2.24, 2.45) is 11.8 Å². The van der Waals surface area contributed by atoms with Crippen LogP contribution in [0.1, 0.15) is 253 Å². The van der Waals surface area contributed by atoms with Gasteiger partial charge in [0.25, 0.3) is 0 Å². The highest BCUT2D eigenvalue weighted by Crippen LogP contribution is 2.17. The van der Waals surface area contributed by atoms with Gasteiger partial charge in [-0.1, -0.05) is 234 Å². The van der Waals surface area contributed by atoms with E-state index in [4.69, 9.17) is 0 Å². The lowest BCUT2D eigenvalue weighted by Gasteiger charge is -2.22. The fourth-order valence-electron chi connectivity index (χ4n) is 7.12. The smallest absolute Gasteiger partial charge is 0.00187 e. The maximum absolute atomic E-state index is 2.86. The van der Waals surface area contributed by atoms with Crippen LogP contribution in [0.25, 0.3) is 0 Å². The zero-order valence-electron chi connectivity index (χ0n) is 32.8. The molecule has 0 aromatic rings. The standard InChI is InChI=1S/C44H91N/c1-6-7-8-9-10-25-30-35-40-45(41-36-31-26-21-17-13-11-15-19-23-28-33-38-43(2)3)42-37-32-27-22-18-14-12-16-20-24-29-34-39-44(4)5/h43-44H,6-42H2,1-5H3. The summed E-state index contributed by atoms with van der Waals surface area (Å²) in [6.45, 7) is 15.8. The Hall–Kier alpha value is -0.0400. The number of hydrogen-bond donors (Lipinski definition) is 0. The van der Waals surface area contributed by atoms with E-state index >= 15 is 0 Å². The molecule has 0 heterocycles. The zero-order valence-corrected chi connectivity index (χ0v) is 32.8. The molecule has 45 heavy (non-hydrogen) atoms. The molecule has 0 bridgehead atoms. The van der Waals surface area contributed by atoms with Crippen LogP contribution >= 0.6 is 0 Å². The first-order chi connectivity index (χ1) is 22.1. The Morgan fingerprint density at radius 2 is 0.467 bits per heavy atom. The van der Waals surface area contributed by atoms with Crippen LogP contribution in [0.5, 0.6) is 0 Å². The lowest BCUT2D eigenvalue weighted by Crippen LogP contribution is -2.27. The van der Waals surface area contributed by atoms with E-state index in [1.807, 2.05) is 0 Å². The van der Waals surface area contributed by atoms with Crippen LogP contribution in [0.3, 0.4) is 0 Å². The third kappa shape index (κ3) is 40.1. The number of rotatable bonds is 39. The highest BCUT2D eigenvalue weighted by atomic mass is 15.1. The van der Waals surface area contributed by atoms with E-state index < -0.39 is 0 Å². The SMILES string of the molecule is CCCCCCCCCCN(CCCCCCCCCCCCCCC(C)C)CCCCCCCCCCCCCCC(C)C. The second-order valence-electron chi connectivity index (χ2n) is 16.2. The highest BCUT2D eigenvalue weighted by molar-refractivity contribution is 4.61. The molecule has 0 N–H and O–H groups in total. The topological polar surface area (TPSA) is 3.24 Å². The molecule has 0 spiro atoms. The Morgan fingerprint density at radius 1 is 0.267 bits per heavy atom. The zero-order chi connectivity index (χ0) is 32.9. The van der Waals surface area contributed by atoms with Crippen LogP contribution in [-0.4, -0.2) is 24.5 Å². The summed E-state index contributed by atoms with van der Waals surface area (Å²) in [4.78, 5) is 2.86. The van der Waals surface area contributed by atoms with E-state index in [9.17, 15) is 0 Å². The Morgan fingerprint density at radius 3 is 0.689 bits per heavy atom. The monoisotopic (exact) mass is 634 g/mol. The first-order valence-corrected chi connectivity index (χ1v) is 21.8. The molecule has 0 unspecified atom stereocenters. The summed E-state index contributed by atoms with van der Waals surface area (Å²) in [5, 5.41) is 0. The van der Waals surface area contributed by atoms with E-state index in [2.05, 4.69) is 39.5 Å². The molecule has 0 aliphatic heterocycles. The summed E-state index contributed by atoms with van der Waals surface area (Å²) < 4.78 is 0. The van der Waals surface area contributed by atoms with Crippen molar-refractivity contribution in [3.05, 3.63) is 0 Å². The van der Waals surface area contributed by atoms with Crippen LogP contribution in [0.15, 0.2) is 0 Å². The molecule has 0 radical (unpaired) electrons. The summed E-state index contributed by atoms with van der Waals surface area (Å²) in [6.07, 6.45) is 49.7. The highest BCUT2D eigenvalue weighted by Gasteiger charge is 2.05. The number of hydrogen-bond acceptors (Lipinski definition) is 1. The normalized spacial score (nSPS) is 12.0. The van der Waals surface area contributed by atoms with Crippen LogP contribution < -0.4 is 0 Å². The van der Waals surface area contributed by atoms with Crippen molar-refractivity contribution in [1.82, 2.24) is 4.90 Å². The van der Waals surface area contributed by atoms with Crippen molar-refractivity contribution < 1.29 is 0 Å². The summed E-state index contributed by atoms with van der Waals surface area (Å²) in [5.74, 6) is 1.78. The molecule has 0 atom stereocenters. The summed E-state index contributed by atoms with van der Waals surface area (Å²) in [7, 11) is 0. The minimum atomic E-state index is 0.890. The van der Waals surface area contributed by atoms with Gasteiger partial charge in [-0.05, 0) is 50.7 Å². The first kappa shape index (κ1) is 45.0. The van der Waals surface area contributed by atoms with Crippen LogP contribution in [0.2, 0.25) is 0 Å². The fourth-order valence-corrected chi connectivity index (χ4v) is 7.12. The number of nitrogens with zero attached hydrogens (tertiary/aromatic N) is 1. The third-order valence-electron chi connectivity index (χ3n) is 10.3. The second-order valence-corrected chi connectivity index (χ2v) is 16.2. The Bertz CT molecular complexity index is 475. The van der Waals surface area contributed by atoms with Crippen molar-refractivity contribution in [2.75, 3.05) is 19.6 Å². The van der Waals surface area contributed by atoms with Gasteiger partial charge in [0.1, 0.15) is 0 Å². The van der Waals surface area contributed by atoms with Crippen molar-refractivity contribution in [3.8, 4) is 0 Å².